The lowest BCUT2D eigenvalue weighted by atomic mass is 10.0. The summed E-state index contributed by atoms with van der Waals surface area (Å²) in [5.74, 6) is -3.47. The maximum absolute atomic E-state index is 14.7. The van der Waals surface area contributed by atoms with Gasteiger partial charge in [-0.3, -0.25) is 0 Å². The summed E-state index contributed by atoms with van der Waals surface area (Å²) >= 11 is 0. The van der Waals surface area contributed by atoms with Crippen LogP contribution in [0, 0.1) is 11.6 Å². The summed E-state index contributed by atoms with van der Waals surface area (Å²) < 4.78 is 96.8. The van der Waals surface area contributed by atoms with E-state index in [1.54, 1.807) is 12.1 Å². The Labute approximate surface area is 213 Å². The quantitative estimate of drug-likeness (QED) is 0.164. The van der Waals surface area contributed by atoms with Gasteiger partial charge in [-0.25, -0.2) is 8.78 Å². The summed E-state index contributed by atoms with van der Waals surface area (Å²) in [5.41, 5.74) is -0.882. The van der Waals surface area contributed by atoms with Crippen molar-refractivity contribution in [1.29, 1.82) is 0 Å². The van der Waals surface area contributed by atoms with Crippen LogP contribution in [0.3, 0.4) is 0 Å². The number of rotatable bonds is 13. The van der Waals surface area contributed by atoms with E-state index in [9.17, 15) is 26.3 Å². The lowest BCUT2D eigenvalue weighted by molar-refractivity contribution is -0.190. The van der Waals surface area contributed by atoms with Crippen LogP contribution >= 0.6 is 0 Å². The Morgan fingerprint density at radius 1 is 0.595 bits per heavy atom. The molecule has 0 unspecified atom stereocenters. The fraction of sp³-hybridized carbons (Fsp3) is 0.379. The zero-order chi connectivity index (χ0) is 27.1. The van der Waals surface area contributed by atoms with Crippen molar-refractivity contribution in [3.63, 3.8) is 0 Å². The fourth-order valence-corrected chi connectivity index (χ4v) is 3.94. The van der Waals surface area contributed by atoms with Crippen LogP contribution in [0.2, 0.25) is 0 Å². The summed E-state index contributed by atoms with van der Waals surface area (Å²) in [7, 11) is 0. The molecule has 3 aromatic carbocycles. The van der Waals surface area contributed by atoms with Gasteiger partial charge in [0.15, 0.2) is 0 Å². The van der Waals surface area contributed by atoms with E-state index in [2.05, 4.69) is 4.74 Å². The van der Waals surface area contributed by atoms with Gasteiger partial charge in [-0.2, -0.15) is 17.6 Å². The average Bonchev–Trinajstić information content (AvgIpc) is 2.82. The minimum absolute atomic E-state index is 0.0588. The van der Waals surface area contributed by atoms with Crippen LogP contribution in [0.4, 0.5) is 26.3 Å². The molecular formula is C29H30F6O2. The molecule has 2 nitrogen and oxygen atoms in total. The van der Waals surface area contributed by atoms with Crippen molar-refractivity contribution in [1.82, 2.24) is 0 Å². The van der Waals surface area contributed by atoms with Crippen LogP contribution in [-0.4, -0.2) is 0 Å². The molecule has 37 heavy (non-hydrogen) atoms. The van der Waals surface area contributed by atoms with Crippen molar-refractivity contribution in [2.75, 3.05) is 0 Å². The number of benzene rings is 3. The summed E-state index contributed by atoms with van der Waals surface area (Å²) in [4.78, 5) is 0. The van der Waals surface area contributed by atoms with Crippen molar-refractivity contribution in [2.45, 2.75) is 71.0 Å². The Kier molecular flexibility index (Phi) is 9.51. The topological polar surface area (TPSA) is 18.5 Å². The van der Waals surface area contributed by atoms with Crippen LogP contribution in [0.1, 0.15) is 68.2 Å². The molecule has 0 spiro atoms. The van der Waals surface area contributed by atoms with E-state index in [0.717, 1.165) is 74.1 Å². The first kappa shape index (κ1) is 28.4. The Morgan fingerprint density at radius 2 is 1.14 bits per heavy atom. The van der Waals surface area contributed by atoms with Crippen LogP contribution < -0.4 is 9.47 Å². The minimum Gasteiger partial charge on any atom is -0.429 e. The Morgan fingerprint density at radius 3 is 1.68 bits per heavy atom. The predicted octanol–water partition coefficient (Wildman–Crippen LogP) is 9.30. The van der Waals surface area contributed by atoms with Crippen molar-refractivity contribution in [2.24, 2.45) is 0 Å². The van der Waals surface area contributed by atoms with Crippen molar-refractivity contribution in [3.8, 4) is 11.5 Å². The second-order valence-corrected chi connectivity index (χ2v) is 8.90. The highest BCUT2D eigenvalue weighted by molar-refractivity contribution is 5.34. The monoisotopic (exact) mass is 524 g/mol. The molecule has 0 aromatic heterocycles. The predicted molar refractivity (Wildman–Crippen MR) is 130 cm³/mol. The van der Waals surface area contributed by atoms with Crippen molar-refractivity contribution in [3.05, 3.63) is 94.6 Å². The SMILES string of the molecule is CCCCCCc1cc(F)c(C(F)(F)Oc2ccc(C(F)(F)Oc3ccc(CCC)cc3)cc2)c(F)c1. The average molecular weight is 525 g/mol. The smallest absolute Gasteiger partial charge is 0.429 e. The van der Waals surface area contributed by atoms with E-state index < -0.39 is 40.7 Å². The van der Waals surface area contributed by atoms with Gasteiger partial charge in [0.25, 0.3) is 0 Å². The number of unbranched alkanes of at least 4 members (excludes halogenated alkanes) is 3. The number of hydrogen-bond donors (Lipinski definition) is 0. The third-order valence-electron chi connectivity index (χ3n) is 5.86. The highest BCUT2D eigenvalue weighted by Gasteiger charge is 2.41. The van der Waals surface area contributed by atoms with Gasteiger partial charge in [-0.15, -0.1) is 0 Å². The molecule has 0 heterocycles. The summed E-state index contributed by atoms with van der Waals surface area (Å²) in [6.45, 7) is 4.02. The van der Waals surface area contributed by atoms with Gasteiger partial charge in [0, 0.05) is 0 Å². The maximum atomic E-state index is 14.7. The number of halogens is 6. The molecule has 0 amide bonds. The Hall–Kier alpha value is -3.16. The standard InChI is InChI=1S/C29H30F6O2/c1-3-5-6-7-9-21-18-25(30)27(26(31)19-21)29(34,35)37-24-16-12-22(13-17-24)28(32,33)36-23-14-10-20(8-4-2)11-15-23/h10-19H,3-9H2,1-2H3. The molecule has 0 saturated heterocycles. The third-order valence-corrected chi connectivity index (χ3v) is 5.86. The highest BCUT2D eigenvalue weighted by Crippen LogP contribution is 2.37. The van der Waals surface area contributed by atoms with E-state index in [4.69, 9.17) is 4.74 Å². The zero-order valence-electron chi connectivity index (χ0n) is 20.8. The first-order valence-corrected chi connectivity index (χ1v) is 12.4. The molecule has 3 aromatic rings. The molecule has 0 fully saturated rings. The van der Waals surface area contributed by atoms with Gasteiger partial charge < -0.3 is 9.47 Å². The highest BCUT2D eigenvalue weighted by atomic mass is 19.3. The zero-order valence-corrected chi connectivity index (χ0v) is 20.8. The van der Waals surface area contributed by atoms with Crippen molar-refractivity contribution >= 4 is 0 Å². The van der Waals surface area contributed by atoms with Crippen LogP contribution in [0.5, 0.6) is 11.5 Å². The van der Waals surface area contributed by atoms with Gasteiger partial charge >= 0.3 is 12.2 Å². The summed E-state index contributed by atoms with van der Waals surface area (Å²) in [6, 6.07) is 11.4. The number of aryl methyl sites for hydroxylation is 2. The molecular weight excluding hydrogens is 494 g/mol. The second-order valence-electron chi connectivity index (χ2n) is 8.90. The molecule has 0 atom stereocenters. The van der Waals surface area contributed by atoms with Crippen LogP contribution in [0.25, 0.3) is 0 Å². The molecule has 8 heteroatoms. The van der Waals surface area contributed by atoms with Crippen molar-refractivity contribution < 1.29 is 35.8 Å². The van der Waals surface area contributed by atoms with E-state index in [-0.39, 0.29) is 11.3 Å². The molecule has 0 N–H and O–H groups in total. The Balaban J connectivity index is 1.69. The lowest BCUT2D eigenvalue weighted by Crippen LogP contribution is -2.25. The lowest BCUT2D eigenvalue weighted by Gasteiger charge is -2.21. The third kappa shape index (κ3) is 7.66. The summed E-state index contributed by atoms with van der Waals surface area (Å²) in [5, 5.41) is 0. The largest absolute Gasteiger partial charge is 0.432 e. The molecule has 0 saturated carbocycles. The normalized spacial score (nSPS) is 12.0. The Bertz CT molecular complexity index is 1120. The molecule has 0 aliphatic rings. The molecule has 200 valence electrons. The van der Waals surface area contributed by atoms with E-state index in [1.807, 2.05) is 13.8 Å². The molecule has 0 aliphatic heterocycles. The number of alkyl halides is 4. The molecule has 0 bridgehead atoms. The molecule has 0 aliphatic carbocycles. The first-order valence-electron chi connectivity index (χ1n) is 12.4. The van der Waals surface area contributed by atoms with E-state index in [1.165, 1.54) is 12.1 Å². The summed E-state index contributed by atoms with van der Waals surface area (Å²) in [6.07, 6.45) is -2.53. The number of ether oxygens (including phenoxy) is 2. The minimum atomic E-state index is -4.37. The van der Waals surface area contributed by atoms with Crippen LogP contribution in [-0.2, 0) is 25.1 Å². The van der Waals surface area contributed by atoms with Gasteiger partial charge in [-0.05, 0) is 78.9 Å². The van der Waals surface area contributed by atoms with Crippen LogP contribution in [0.15, 0.2) is 60.7 Å². The molecule has 3 rings (SSSR count). The number of hydrogen-bond acceptors (Lipinski definition) is 2. The fourth-order valence-electron chi connectivity index (χ4n) is 3.94. The van der Waals surface area contributed by atoms with Gasteiger partial charge in [0.05, 0.1) is 5.56 Å². The second kappa shape index (κ2) is 12.4. The maximum Gasteiger partial charge on any atom is 0.432 e. The van der Waals surface area contributed by atoms with E-state index in [0.29, 0.717) is 12.8 Å². The molecule has 0 radical (unpaired) electrons. The van der Waals surface area contributed by atoms with Gasteiger partial charge in [0.2, 0.25) is 0 Å². The first-order chi connectivity index (χ1) is 17.6. The van der Waals surface area contributed by atoms with Gasteiger partial charge in [0.1, 0.15) is 28.7 Å². The van der Waals surface area contributed by atoms with E-state index >= 15 is 0 Å². The van der Waals surface area contributed by atoms with Gasteiger partial charge in [-0.1, -0.05) is 51.7 Å².